The molecule has 96 valence electrons. The van der Waals surface area contributed by atoms with Crippen molar-refractivity contribution in [3.8, 4) is 0 Å². The van der Waals surface area contributed by atoms with Crippen molar-refractivity contribution < 1.29 is 0 Å². The van der Waals surface area contributed by atoms with E-state index in [9.17, 15) is 0 Å². The number of rotatable bonds is 7. The standard InChI is InChI=1S/C12H27N3S/c1-12-11-16-10-9-15(12)8-6-13-5-4-7-14(2)3/h12-13H,4-11H2,1-3H3. The van der Waals surface area contributed by atoms with E-state index in [-0.39, 0.29) is 0 Å². The molecule has 1 aliphatic rings. The van der Waals surface area contributed by atoms with Crippen LogP contribution in [0.1, 0.15) is 13.3 Å². The van der Waals surface area contributed by atoms with Crippen molar-refractivity contribution in [2.24, 2.45) is 0 Å². The zero-order chi connectivity index (χ0) is 11.8. The van der Waals surface area contributed by atoms with Gasteiger partial charge in [-0.15, -0.1) is 0 Å². The number of nitrogens with one attached hydrogen (secondary N) is 1. The minimum Gasteiger partial charge on any atom is -0.315 e. The first-order chi connectivity index (χ1) is 7.70. The van der Waals surface area contributed by atoms with Crippen LogP contribution >= 0.6 is 11.8 Å². The molecule has 16 heavy (non-hydrogen) atoms. The van der Waals surface area contributed by atoms with Crippen LogP contribution in [0.2, 0.25) is 0 Å². The molecule has 0 spiro atoms. The van der Waals surface area contributed by atoms with Crippen LogP contribution < -0.4 is 5.32 Å². The second-order valence-corrected chi connectivity index (χ2v) is 6.02. The quantitative estimate of drug-likeness (QED) is 0.673. The van der Waals surface area contributed by atoms with Crippen LogP contribution in [-0.4, -0.2) is 74.2 Å². The van der Waals surface area contributed by atoms with Gasteiger partial charge in [0, 0.05) is 37.2 Å². The molecule has 0 bridgehead atoms. The van der Waals surface area contributed by atoms with Gasteiger partial charge in [0.1, 0.15) is 0 Å². The highest BCUT2D eigenvalue weighted by Gasteiger charge is 2.17. The monoisotopic (exact) mass is 245 g/mol. The van der Waals surface area contributed by atoms with E-state index >= 15 is 0 Å². The van der Waals surface area contributed by atoms with Crippen molar-refractivity contribution >= 4 is 11.8 Å². The van der Waals surface area contributed by atoms with E-state index in [0.29, 0.717) is 0 Å². The van der Waals surface area contributed by atoms with E-state index < -0.39 is 0 Å². The Balaban J connectivity index is 1.94. The highest BCUT2D eigenvalue weighted by atomic mass is 32.2. The molecular weight excluding hydrogens is 218 g/mol. The summed E-state index contributed by atoms with van der Waals surface area (Å²) in [6, 6.07) is 0.766. The Kier molecular flexibility index (Phi) is 7.45. The Morgan fingerprint density at radius 2 is 2.19 bits per heavy atom. The lowest BCUT2D eigenvalue weighted by Gasteiger charge is -2.32. The van der Waals surface area contributed by atoms with E-state index in [2.05, 4.69) is 47.9 Å². The molecule has 0 aromatic rings. The summed E-state index contributed by atoms with van der Waals surface area (Å²) in [4.78, 5) is 4.85. The van der Waals surface area contributed by atoms with Crippen molar-refractivity contribution in [3.63, 3.8) is 0 Å². The van der Waals surface area contributed by atoms with Gasteiger partial charge in [-0.3, -0.25) is 4.90 Å². The summed E-state index contributed by atoms with van der Waals surface area (Å²) >= 11 is 2.09. The van der Waals surface area contributed by atoms with E-state index in [1.165, 1.54) is 37.6 Å². The van der Waals surface area contributed by atoms with Crippen LogP contribution in [0.15, 0.2) is 0 Å². The zero-order valence-electron chi connectivity index (χ0n) is 11.0. The number of hydrogen-bond donors (Lipinski definition) is 1. The molecule has 1 fully saturated rings. The minimum atomic E-state index is 0.766. The summed E-state index contributed by atoms with van der Waals surface area (Å²) in [5.74, 6) is 2.62. The van der Waals surface area contributed by atoms with Crippen molar-refractivity contribution in [1.82, 2.24) is 15.1 Å². The van der Waals surface area contributed by atoms with Gasteiger partial charge in [-0.2, -0.15) is 11.8 Å². The van der Waals surface area contributed by atoms with Crippen LogP contribution in [0.3, 0.4) is 0 Å². The topological polar surface area (TPSA) is 18.5 Å². The molecule has 1 heterocycles. The van der Waals surface area contributed by atoms with Crippen LogP contribution in [-0.2, 0) is 0 Å². The third kappa shape index (κ3) is 6.09. The third-order valence-corrected chi connectivity index (χ3v) is 4.23. The van der Waals surface area contributed by atoms with Crippen molar-refractivity contribution in [3.05, 3.63) is 0 Å². The molecule has 4 heteroatoms. The average molecular weight is 245 g/mol. The number of thioether (sulfide) groups is 1. The van der Waals surface area contributed by atoms with Crippen molar-refractivity contribution in [1.29, 1.82) is 0 Å². The Labute approximate surface area is 105 Å². The molecule has 1 saturated heterocycles. The SMILES string of the molecule is CC1CSCCN1CCNCCCN(C)C. The van der Waals surface area contributed by atoms with Gasteiger partial charge in [-0.1, -0.05) is 0 Å². The Bertz CT molecular complexity index is 176. The van der Waals surface area contributed by atoms with Gasteiger partial charge >= 0.3 is 0 Å². The predicted octanol–water partition coefficient (Wildman–Crippen LogP) is 0.965. The fraction of sp³-hybridized carbons (Fsp3) is 1.00. The fourth-order valence-corrected chi connectivity index (χ4v) is 3.04. The van der Waals surface area contributed by atoms with Crippen LogP contribution in [0, 0.1) is 0 Å². The van der Waals surface area contributed by atoms with E-state index in [1.54, 1.807) is 0 Å². The van der Waals surface area contributed by atoms with E-state index in [4.69, 9.17) is 0 Å². The number of nitrogens with zero attached hydrogens (tertiary/aromatic N) is 2. The molecule has 1 rings (SSSR count). The van der Waals surface area contributed by atoms with Crippen LogP contribution in [0.25, 0.3) is 0 Å². The maximum Gasteiger partial charge on any atom is 0.0158 e. The summed E-state index contributed by atoms with van der Waals surface area (Å²) in [6.45, 7) is 8.30. The van der Waals surface area contributed by atoms with Gasteiger partial charge in [0.05, 0.1) is 0 Å². The van der Waals surface area contributed by atoms with Crippen molar-refractivity contribution in [2.75, 3.05) is 58.3 Å². The molecule has 1 atom stereocenters. The number of hydrogen-bond acceptors (Lipinski definition) is 4. The Hall–Kier alpha value is 0.230. The molecule has 0 aromatic heterocycles. The van der Waals surface area contributed by atoms with Crippen LogP contribution in [0.4, 0.5) is 0 Å². The van der Waals surface area contributed by atoms with Gasteiger partial charge in [0.15, 0.2) is 0 Å². The lowest BCUT2D eigenvalue weighted by atomic mass is 10.3. The van der Waals surface area contributed by atoms with Gasteiger partial charge in [0.2, 0.25) is 0 Å². The Morgan fingerprint density at radius 3 is 2.88 bits per heavy atom. The molecule has 0 radical (unpaired) electrons. The lowest BCUT2D eigenvalue weighted by Crippen LogP contribution is -2.43. The first-order valence-corrected chi connectivity index (χ1v) is 7.53. The summed E-state index contributed by atoms with van der Waals surface area (Å²) in [6.07, 6.45) is 1.25. The molecule has 0 saturated carbocycles. The Morgan fingerprint density at radius 1 is 1.38 bits per heavy atom. The summed E-state index contributed by atoms with van der Waals surface area (Å²) < 4.78 is 0. The first-order valence-electron chi connectivity index (χ1n) is 6.37. The maximum atomic E-state index is 3.53. The molecule has 0 aliphatic carbocycles. The van der Waals surface area contributed by atoms with Gasteiger partial charge in [0.25, 0.3) is 0 Å². The summed E-state index contributed by atoms with van der Waals surface area (Å²) in [5.41, 5.74) is 0. The molecular formula is C12H27N3S. The highest BCUT2D eigenvalue weighted by Crippen LogP contribution is 2.14. The predicted molar refractivity (Wildman–Crippen MR) is 74.4 cm³/mol. The fourth-order valence-electron chi connectivity index (χ4n) is 1.96. The molecule has 3 nitrogen and oxygen atoms in total. The van der Waals surface area contributed by atoms with E-state index in [1.807, 2.05) is 0 Å². The first kappa shape index (κ1) is 14.3. The molecule has 1 unspecified atom stereocenters. The second-order valence-electron chi connectivity index (χ2n) is 4.87. The maximum absolute atomic E-state index is 3.53. The normalized spacial score (nSPS) is 22.9. The van der Waals surface area contributed by atoms with Crippen LogP contribution in [0.5, 0.6) is 0 Å². The molecule has 1 N–H and O–H groups in total. The van der Waals surface area contributed by atoms with Gasteiger partial charge in [-0.25, -0.2) is 0 Å². The smallest absolute Gasteiger partial charge is 0.0158 e. The highest BCUT2D eigenvalue weighted by molar-refractivity contribution is 7.99. The van der Waals surface area contributed by atoms with Gasteiger partial charge in [-0.05, 0) is 40.5 Å². The van der Waals surface area contributed by atoms with E-state index in [0.717, 1.165) is 19.1 Å². The lowest BCUT2D eigenvalue weighted by molar-refractivity contribution is 0.232. The molecule has 0 aromatic carbocycles. The minimum absolute atomic E-state index is 0.766. The molecule has 0 amide bonds. The van der Waals surface area contributed by atoms with Gasteiger partial charge < -0.3 is 10.2 Å². The summed E-state index contributed by atoms with van der Waals surface area (Å²) in [5, 5.41) is 3.53. The summed E-state index contributed by atoms with van der Waals surface area (Å²) in [7, 11) is 4.26. The second kappa shape index (κ2) is 8.34. The molecule has 1 aliphatic heterocycles. The van der Waals surface area contributed by atoms with Crippen molar-refractivity contribution in [2.45, 2.75) is 19.4 Å². The zero-order valence-corrected chi connectivity index (χ0v) is 11.9. The largest absolute Gasteiger partial charge is 0.315 e. The third-order valence-electron chi connectivity index (χ3n) is 3.04. The average Bonchev–Trinajstić information content (AvgIpc) is 2.25.